The van der Waals surface area contributed by atoms with Gasteiger partial charge in [0, 0.05) is 13.5 Å². The number of rotatable bonds is 4. The molecule has 1 amide bonds. The fourth-order valence-electron chi connectivity index (χ4n) is 2.65. The number of nitriles is 1. The molecule has 0 radical (unpaired) electrons. The maximum absolute atomic E-state index is 11.8. The van der Waals surface area contributed by atoms with E-state index in [2.05, 4.69) is 6.07 Å². The van der Waals surface area contributed by atoms with Gasteiger partial charge >= 0.3 is 0 Å². The number of amides is 1. The molecule has 1 aromatic carbocycles. The van der Waals surface area contributed by atoms with Gasteiger partial charge in [-0.1, -0.05) is 30.3 Å². The molecule has 21 heavy (non-hydrogen) atoms. The first-order valence-electron chi connectivity index (χ1n) is 7.18. The lowest BCUT2D eigenvalue weighted by Crippen LogP contribution is -2.51. The summed E-state index contributed by atoms with van der Waals surface area (Å²) in [5.74, 6) is -0.0975. The molecule has 1 aliphatic heterocycles. The van der Waals surface area contributed by atoms with Gasteiger partial charge in [0.05, 0.1) is 18.2 Å². The van der Waals surface area contributed by atoms with E-state index in [-0.39, 0.29) is 18.0 Å². The molecule has 5 heteroatoms. The fourth-order valence-corrected chi connectivity index (χ4v) is 2.65. The summed E-state index contributed by atoms with van der Waals surface area (Å²) in [4.78, 5) is 19.5. The number of carbonyl (C=O) groups is 1. The SMILES string of the molecule is CC(=O)N(OCc1ccccc1)[C@@H]1CC[C@@H](C#N)N(C)C1. The minimum Gasteiger partial charge on any atom is -0.289 e. The summed E-state index contributed by atoms with van der Waals surface area (Å²) in [7, 11) is 1.91. The molecule has 0 aliphatic carbocycles. The van der Waals surface area contributed by atoms with Crippen molar-refractivity contribution in [2.24, 2.45) is 0 Å². The number of benzene rings is 1. The van der Waals surface area contributed by atoms with E-state index in [0.717, 1.165) is 18.4 Å². The minimum atomic E-state index is -0.0975. The van der Waals surface area contributed by atoms with E-state index in [9.17, 15) is 4.79 Å². The standard InChI is InChI=1S/C16H21N3O2/c1-13(20)19(21-12-14-6-4-3-5-7-14)16-9-8-15(10-17)18(2)11-16/h3-7,15-16H,8-9,11-12H2,1-2H3/t15-,16+/m0/s1. The van der Waals surface area contributed by atoms with E-state index in [4.69, 9.17) is 10.1 Å². The molecule has 0 spiro atoms. The van der Waals surface area contributed by atoms with Crippen molar-refractivity contribution in [3.63, 3.8) is 0 Å². The minimum absolute atomic E-state index is 0.000752. The van der Waals surface area contributed by atoms with Gasteiger partial charge in [0.25, 0.3) is 0 Å². The van der Waals surface area contributed by atoms with Gasteiger partial charge in [0.1, 0.15) is 6.61 Å². The third kappa shape index (κ3) is 4.03. The molecule has 1 heterocycles. The van der Waals surface area contributed by atoms with E-state index < -0.39 is 0 Å². The van der Waals surface area contributed by atoms with Crippen LogP contribution < -0.4 is 0 Å². The van der Waals surface area contributed by atoms with Gasteiger partial charge in [-0.25, -0.2) is 5.06 Å². The highest BCUT2D eigenvalue weighted by Crippen LogP contribution is 2.20. The summed E-state index contributed by atoms with van der Waals surface area (Å²) >= 11 is 0. The van der Waals surface area contributed by atoms with Gasteiger partial charge in [-0.3, -0.25) is 14.5 Å². The Morgan fingerprint density at radius 1 is 1.43 bits per heavy atom. The van der Waals surface area contributed by atoms with Crippen molar-refractivity contribution in [3.8, 4) is 6.07 Å². The number of likely N-dealkylation sites (N-methyl/N-ethyl adjacent to an activating group) is 1. The van der Waals surface area contributed by atoms with E-state index in [1.54, 1.807) is 0 Å². The fraction of sp³-hybridized carbons (Fsp3) is 0.500. The van der Waals surface area contributed by atoms with Crippen LogP contribution >= 0.6 is 0 Å². The van der Waals surface area contributed by atoms with Crippen molar-refractivity contribution in [3.05, 3.63) is 35.9 Å². The highest BCUT2D eigenvalue weighted by atomic mass is 16.7. The molecule has 1 aromatic rings. The number of hydroxylamine groups is 2. The number of nitrogens with zero attached hydrogens (tertiary/aromatic N) is 3. The van der Waals surface area contributed by atoms with Gasteiger partial charge in [0.2, 0.25) is 5.91 Å². The van der Waals surface area contributed by atoms with Crippen LogP contribution in [0.15, 0.2) is 30.3 Å². The summed E-state index contributed by atoms with van der Waals surface area (Å²) in [6.45, 7) is 2.55. The molecule has 0 aromatic heterocycles. The van der Waals surface area contributed by atoms with Gasteiger partial charge in [-0.15, -0.1) is 0 Å². The Kier molecular flexibility index (Phi) is 5.32. The van der Waals surface area contributed by atoms with Crippen LogP contribution in [0.4, 0.5) is 0 Å². The molecule has 2 rings (SSSR count). The third-order valence-electron chi connectivity index (χ3n) is 3.81. The van der Waals surface area contributed by atoms with Crippen LogP contribution in [0.3, 0.4) is 0 Å². The van der Waals surface area contributed by atoms with Crippen LogP contribution in [-0.2, 0) is 16.2 Å². The lowest BCUT2D eigenvalue weighted by molar-refractivity contribution is -0.209. The Balaban J connectivity index is 1.97. The molecule has 5 nitrogen and oxygen atoms in total. The zero-order chi connectivity index (χ0) is 15.2. The Hall–Kier alpha value is -1.90. The summed E-state index contributed by atoms with van der Waals surface area (Å²) in [6, 6.07) is 12.0. The Morgan fingerprint density at radius 2 is 2.14 bits per heavy atom. The van der Waals surface area contributed by atoms with E-state index in [0.29, 0.717) is 13.2 Å². The second-order valence-electron chi connectivity index (χ2n) is 5.42. The highest BCUT2D eigenvalue weighted by molar-refractivity contribution is 5.72. The summed E-state index contributed by atoms with van der Waals surface area (Å²) in [6.07, 6.45) is 1.55. The van der Waals surface area contributed by atoms with Crippen molar-refractivity contribution in [2.75, 3.05) is 13.6 Å². The van der Waals surface area contributed by atoms with Crippen LogP contribution in [0.25, 0.3) is 0 Å². The quantitative estimate of drug-likeness (QED) is 0.794. The second kappa shape index (κ2) is 7.21. The van der Waals surface area contributed by atoms with Gasteiger partial charge in [0.15, 0.2) is 0 Å². The van der Waals surface area contributed by atoms with Crippen molar-refractivity contribution >= 4 is 5.91 Å². The third-order valence-corrected chi connectivity index (χ3v) is 3.81. The molecule has 1 saturated heterocycles. The van der Waals surface area contributed by atoms with E-state index >= 15 is 0 Å². The van der Waals surface area contributed by atoms with Crippen LogP contribution in [0.2, 0.25) is 0 Å². The summed E-state index contributed by atoms with van der Waals surface area (Å²) in [5, 5.41) is 10.5. The maximum Gasteiger partial charge on any atom is 0.243 e. The van der Waals surface area contributed by atoms with Crippen molar-refractivity contribution < 1.29 is 9.63 Å². The highest BCUT2D eigenvalue weighted by Gasteiger charge is 2.31. The van der Waals surface area contributed by atoms with Gasteiger partial charge in [-0.05, 0) is 25.5 Å². The number of carbonyl (C=O) groups excluding carboxylic acids is 1. The Morgan fingerprint density at radius 3 is 2.71 bits per heavy atom. The predicted octanol–water partition coefficient (Wildman–Crippen LogP) is 1.95. The predicted molar refractivity (Wildman–Crippen MR) is 78.8 cm³/mol. The number of hydrogen-bond acceptors (Lipinski definition) is 4. The number of piperidine rings is 1. The van der Waals surface area contributed by atoms with Crippen LogP contribution in [0.1, 0.15) is 25.3 Å². The first-order valence-corrected chi connectivity index (χ1v) is 7.18. The van der Waals surface area contributed by atoms with Gasteiger partial charge in [-0.2, -0.15) is 5.26 Å². The zero-order valence-electron chi connectivity index (χ0n) is 12.5. The average Bonchev–Trinajstić information content (AvgIpc) is 2.48. The van der Waals surface area contributed by atoms with Gasteiger partial charge < -0.3 is 0 Å². The Bertz CT molecular complexity index is 512. The summed E-state index contributed by atoms with van der Waals surface area (Å²) < 4.78 is 0. The summed E-state index contributed by atoms with van der Waals surface area (Å²) in [5.41, 5.74) is 1.03. The van der Waals surface area contributed by atoms with E-state index in [1.165, 1.54) is 12.0 Å². The van der Waals surface area contributed by atoms with Crippen LogP contribution in [-0.4, -0.2) is 41.5 Å². The normalized spacial score (nSPS) is 22.5. The molecule has 1 fully saturated rings. The molecule has 2 atom stereocenters. The second-order valence-corrected chi connectivity index (χ2v) is 5.42. The molecule has 112 valence electrons. The molecular formula is C16H21N3O2. The van der Waals surface area contributed by atoms with Crippen LogP contribution in [0, 0.1) is 11.3 Å². The van der Waals surface area contributed by atoms with E-state index in [1.807, 2.05) is 42.3 Å². The molecule has 0 saturated carbocycles. The topological polar surface area (TPSA) is 56.6 Å². The molecule has 0 unspecified atom stereocenters. The lowest BCUT2D eigenvalue weighted by atomic mass is 9.99. The largest absolute Gasteiger partial charge is 0.289 e. The lowest BCUT2D eigenvalue weighted by Gasteiger charge is -2.38. The maximum atomic E-state index is 11.8. The monoisotopic (exact) mass is 287 g/mol. The van der Waals surface area contributed by atoms with Crippen molar-refractivity contribution in [1.82, 2.24) is 9.96 Å². The van der Waals surface area contributed by atoms with Crippen LogP contribution in [0.5, 0.6) is 0 Å². The molecule has 0 N–H and O–H groups in total. The molecule has 1 aliphatic rings. The molecule has 0 bridgehead atoms. The number of hydrogen-bond donors (Lipinski definition) is 0. The first kappa shape index (κ1) is 15.5. The Labute approximate surface area is 125 Å². The smallest absolute Gasteiger partial charge is 0.243 e. The molecular weight excluding hydrogens is 266 g/mol. The average molecular weight is 287 g/mol. The first-order chi connectivity index (χ1) is 10.1. The number of likely N-dealkylation sites (tertiary alicyclic amines) is 1. The van der Waals surface area contributed by atoms with Crippen molar-refractivity contribution in [1.29, 1.82) is 5.26 Å². The van der Waals surface area contributed by atoms with Crippen molar-refractivity contribution in [2.45, 2.75) is 38.5 Å². The zero-order valence-corrected chi connectivity index (χ0v) is 12.5.